The van der Waals surface area contributed by atoms with Crippen LogP contribution in [0.1, 0.15) is 71.7 Å². The fourth-order valence-electron chi connectivity index (χ4n) is 5.57. The predicted molar refractivity (Wildman–Crippen MR) is 124 cm³/mol. The number of aldehydes is 1. The van der Waals surface area contributed by atoms with E-state index in [0.717, 1.165) is 74.7 Å². The number of carbonyl (C=O) groups excluding carboxylic acids is 1. The predicted octanol–water partition coefficient (Wildman–Crippen LogP) is 5.76. The molecule has 2 aromatic heterocycles. The third-order valence-electron chi connectivity index (χ3n) is 7.60. The molecule has 0 amide bonds. The number of hydrogen-bond donors (Lipinski definition) is 1. The van der Waals surface area contributed by atoms with Crippen molar-refractivity contribution < 1.29 is 14.3 Å². The maximum absolute atomic E-state index is 11.0. The van der Waals surface area contributed by atoms with Crippen molar-refractivity contribution in [2.24, 2.45) is 23.2 Å². The zero-order valence-corrected chi connectivity index (χ0v) is 19.3. The van der Waals surface area contributed by atoms with Crippen LogP contribution in [0.15, 0.2) is 41.3 Å². The minimum atomic E-state index is -0.399. The standard InChI is InChI=1S/C26H32N2O3S/c27-15-20-9-8-19(4-1-5-22-10-11-23(17-29)32-22)24(20)6-2-7-25(30)26(12-3-13-26)14-21-16-28-18-31-21/h2,6,10-11,16-20,24-25,30H,1,3-5,7-9,12-14H2/b6-2+/t19-,20?,24?,25?/m0/s1. The first-order valence-electron chi connectivity index (χ1n) is 11.8. The third-order valence-corrected chi connectivity index (χ3v) is 8.67. The molecule has 0 spiro atoms. The molecule has 2 heterocycles. The zero-order valence-electron chi connectivity index (χ0n) is 18.5. The molecule has 4 atom stereocenters. The van der Waals surface area contributed by atoms with E-state index >= 15 is 0 Å². The quantitative estimate of drug-likeness (QED) is 0.346. The van der Waals surface area contributed by atoms with E-state index in [1.54, 1.807) is 17.5 Å². The molecule has 2 aliphatic carbocycles. The molecule has 0 bridgehead atoms. The first kappa shape index (κ1) is 22.9. The molecule has 0 radical (unpaired) electrons. The molecule has 0 saturated heterocycles. The van der Waals surface area contributed by atoms with E-state index in [9.17, 15) is 15.2 Å². The van der Waals surface area contributed by atoms with Crippen molar-refractivity contribution in [2.75, 3.05) is 0 Å². The van der Waals surface area contributed by atoms with Crippen LogP contribution < -0.4 is 0 Å². The van der Waals surface area contributed by atoms with Gasteiger partial charge in [-0.1, -0.05) is 18.6 Å². The molecule has 6 heteroatoms. The summed E-state index contributed by atoms with van der Waals surface area (Å²) >= 11 is 1.58. The lowest BCUT2D eigenvalue weighted by Crippen LogP contribution is -2.43. The number of nitriles is 1. The van der Waals surface area contributed by atoms with Crippen LogP contribution in [0, 0.1) is 34.5 Å². The Bertz CT molecular complexity index is 939. The van der Waals surface area contributed by atoms with E-state index in [0.29, 0.717) is 12.3 Å². The number of allylic oxidation sites excluding steroid dienone is 1. The van der Waals surface area contributed by atoms with Gasteiger partial charge in [-0.05, 0) is 75.3 Å². The fourth-order valence-corrected chi connectivity index (χ4v) is 6.44. The third kappa shape index (κ3) is 5.22. The maximum Gasteiger partial charge on any atom is 0.180 e. The van der Waals surface area contributed by atoms with Gasteiger partial charge >= 0.3 is 0 Å². The Morgan fingerprint density at radius 2 is 2.25 bits per heavy atom. The monoisotopic (exact) mass is 452 g/mol. The molecule has 4 rings (SSSR count). The van der Waals surface area contributed by atoms with Gasteiger partial charge in [0.1, 0.15) is 5.76 Å². The summed E-state index contributed by atoms with van der Waals surface area (Å²) in [6.45, 7) is 0. The molecule has 3 unspecified atom stereocenters. The molecule has 5 nitrogen and oxygen atoms in total. The van der Waals surface area contributed by atoms with Crippen molar-refractivity contribution in [1.82, 2.24) is 4.98 Å². The highest BCUT2D eigenvalue weighted by molar-refractivity contribution is 7.13. The molecule has 2 aliphatic rings. The average Bonchev–Trinajstić information content (AvgIpc) is 3.52. The van der Waals surface area contributed by atoms with Crippen molar-refractivity contribution in [1.29, 1.82) is 5.26 Å². The molecular weight excluding hydrogens is 420 g/mol. The first-order chi connectivity index (χ1) is 15.6. The number of aliphatic hydroxyl groups is 1. The molecular formula is C26H32N2O3S. The van der Waals surface area contributed by atoms with E-state index < -0.39 is 6.10 Å². The van der Waals surface area contributed by atoms with Gasteiger partial charge in [-0.15, -0.1) is 11.3 Å². The highest BCUT2D eigenvalue weighted by Crippen LogP contribution is 2.48. The number of nitrogens with zero attached hydrogens (tertiary/aromatic N) is 2. The molecule has 2 fully saturated rings. The van der Waals surface area contributed by atoms with Gasteiger partial charge in [-0.25, -0.2) is 4.98 Å². The number of rotatable bonds is 11. The Labute approximate surface area is 194 Å². The van der Waals surface area contributed by atoms with Gasteiger partial charge in [0, 0.05) is 16.7 Å². The normalized spacial score (nSPS) is 25.4. The maximum atomic E-state index is 11.0. The van der Waals surface area contributed by atoms with Gasteiger partial charge in [0.2, 0.25) is 0 Å². The summed E-state index contributed by atoms with van der Waals surface area (Å²) in [7, 11) is 0. The lowest BCUT2D eigenvalue weighted by Gasteiger charge is -2.45. The first-order valence-corrected chi connectivity index (χ1v) is 12.6. The van der Waals surface area contributed by atoms with Crippen molar-refractivity contribution in [3.05, 3.63) is 52.4 Å². The van der Waals surface area contributed by atoms with E-state index in [-0.39, 0.29) is 17.3 Å². The van der Waals surface area contributed by atoms with E-state index in [2.05, 4.69) is 29.3 Å². The number of aryl methyl sites for hydroxylation is 1. The van der Waals surface area contributed by atoms with Gasteiger partial charge < -0.3 is 9.52 Å². The molecule has 32 heavy (non-hydrogen) atoms. The minimum absolute atomic E-state index is 0.0728. The summed E-state index contributed by atoms with van der Waals surface area (Å²) in [5, 5.41) is 20.6. The van der Waals surface area contributed by atoms with Crippen molar-refractivity contribution in [3.63, 3.8) is 0 Å². The summed E-state index contributed by atoms with van der Waals surface area (Å²) < 4.78 is 5.43. The average molecular weight is 453 g/mol. The van der Waals surface area contributed by atoms with Crippen molar-refractivity contribution in [2.45, 2.75) is 70.3 Å². The van der Waals surface area contributed by atoms with Gasteiger partial charge in [0.05, 0.1) is 29.2 Å². The molecule has 1 N–H and O–H groups in total. The van der Waals surface area contributed by atoms with Crippen LogP contribution >= 0.6 is 11.3 Å². The van der Waals surface area contributed by atoms with E-state index in [4.69, 9.17) is 4.42 Å². The Kier molecular flexibility index (Phi) is 7.59. The van der Waals surface area contributed by atoms with Crippen molar-refractivity contribution in [3.8, 4) is 6.07 Å². The van der Waals surface area contributed by atoms with Gasteiger partial charge in [0.25, 0.3) is 0 Å². The number of hydrogen-bond acceptors (Lipinski definition) is 6. The van der Waals surface area contributed by atoms with Crippen LogP contribution in [0.2, 0.25) is 0 Å². The zero-order chi connectivity index (χ0) is 22.4. The van der Waals surface area contributed by atoms with Crippen LogP contribution in [0.25, 0.3) is 0 Å². The van der Waals surface area contributed by atoms with Gasteiger partial charge in [0.15, 0.2) is 12.7 Å². The largest absolute Gasteiger partial charge is 0.449 e. The van der Waals surface area contributed by atoms with Crippen LogP contribution in [-0.4, -0.2) is 22.5 Å². The Morgan fingerprint density at radius 3 is 2.91 bits per heavy atom. The summed E-state index contributed by atoms with van der Waals surface area (Å²) in [5.74, 6) is 1.71. The van der Waals surface area contributed by atoms with Crippen molar-refractivity contribution >= 4 is 17.6 Å². The second-order valence-corrected chi connectivity index (χ2v) is 10.7. The molecule has 0 aliphatic heterocycles. The highest BCUT2D eigenvalue weighted by atomic mass is 32.1. The number of aliphatic hydroxyl groups excluding tert-OH is 1. The van der Waals surface area contributed by atoms with E-state index in [1.165, 1.54) is 11.3 Å². The second-order valence-electron chi connectivity index (χ2n) is 9.50. The number of thiophene rings is 1. The topological polar surface area (TPSA) is 87.1 Å². The lowest BCUT2D eigenvalue weighted by atomic mass is 9.62. The van der Waals surface area contributed by atoms with Gasteiger partial charge in [-0.3, -0.25) is 4.79 Å². The van der Waals surface area contributed by atoms with Crippen LogP contribution in [0.4, 0.5) is 0 Å². The van der Waals surface area contributed by atoms with Crippen LogP contribution in [0.3, 0.4) is 0 Å². The van der Waals surface area contributed by atoms with E-state index in [1.807, 2.05) is 6.07 Å². The SMILES string of the molecule is N#CC1CC[C@H](CCCc2ccc(C=O)s2)C1/C=C/CC(O)C1(Cc2cnco2)CCC1. The summed E-state index contributed by atoms with van der Waals surface area (Å²) in [5.41, 5.74) is -0.103. The van der Waals surface area contributed by atoms with Crippen LogP contribution in [-0.2, 0) is 12.8 Å². The summed E-state index contributed by atoms with van der Waals surface area (Å²) in [4.78, 5) is 16.9. The number of oxazole rings is 1. The minimum Gasteiger partial charge on any atom is -0.449 e. The smallest absolute Gasteiger partial charge is 0.180 e. The Morgan fingerprint density at radius 1 is 1.38 bits per heavy atom. The molecule has 0 aromatic carbocycles. The number of aromatic nitrogens is 1. The summed E-state index contributed by atoms with van der Waals surface area (Å²) in [6.07, 6.45) is 17.8. The number of carbonyl (C=O) groups is 1. The summed E-state index contributed by atoms with van der Waals surface area (Å²) in [6, 6.07) is 6.46. The second kappa shape index (κ2) is 10.6. The highest BCUT2D eigenvalue weighted by Gasteiger charge is 2.43. The van der Waals surface area contributed by atoms with Gasteiger partial charge in [-0.2, -0.15) is 5.26 Å². The Hall–Kier alpha value is -2.23. The lowest BCUT2D eigenvalue weighted by molar-refractivity contribution is -0.0356. The molecule has 2 aromatic rings. The Balaban J connectivity index is 1.30. The molecule has 170 valence electrons. The fraction of sp³-hybridized carbons (Fsp3) is 0.577. The molecule has 2 saturated carbocycles. The van der Waals surface area contributed by atoms with Crippen LogP contribution in [0.5, 0.6) is 0 Å².